The zero-order valence-corrected chi connectivity index (χ0v) is 14.3. The Hall–Kier alpha value is -1.79. The average Bonchev–Trinajstić information content (AvgIpc) is 2.54. The summed E-state index contributed by atoms with van der Waals surface area (Å²) in [6.07, 6.45) is 1.56. The second-order valence-electron chi connectivity index (χ2n) is 4.96. The predicted molar refractivity (Wildman–Crippen MR) is 91.8 cm³/mol. The van der Waals surface area contributed by atoms with Gasteiger partial charge in [-0.2, -0.15) is 0 Å². The van der Waals surface area contributed by atoms with Crippen molar-refractivity contribution in [2.24, 2.45) is 5.73 Å². The maximum Gasteiger partial charge on any atom is 0.254 e. The number of rotatable bonds is 8. The Labute approximate surface area is 148 Å². The number of halogens is 3. The van der Waals surface area contributed by atoms with Gasteiger partial charge in [0.1, 0.15) is 11.4 Å². The summed E-state index contributed by atoms with van der Waals surface area (Å²) in [6.45, 7) is 0.266. The summed E-state index contributed by atoms with van der Waals surface area (Å²) in [7, 11) is 0. The summed E-state index contributed by atoms with van der Waals surface area (Å²) in [4.78, 5) is 12.2. The van der Waals surface area contributed by atoms with Gasteiger partial charge in [0.2, 0.25) is 0 Å². The van der Waals surface area contributed by atoms with Crippen molar-refractivity contribution in [3.8, 4) is 5.75 Å². The molecule has 2 aromatic carbocycles. The van der Waals surface area contributed by atoms with Gasteiger partial charge in [0.05, 0.1) is 6.61 Å². The molecule has 0 bridgehead atoms. The summed E-state index contributed by atoms with van der Waals surface area (Å²) < 4.78 is 32.6. The summed E-state index contributed by atoms with van der Waals surface area (Å²) >= 11 is 7.50. The van der Waals surface area contributed by atoms with Crippen molar-refractivity contribution in [3.63, 3.8) is 0 Å². The summed E-state index contributed by atoms with van der Waals surface area (Å²) in [5.74, 6) is -2.50. The number of ether oxygens (including phenoxy) is 1. The number of carbonyl (C=O) groups is 1. The molecule has 1 amide bonds. The fourth-order valence-corrected chi connectivity index (χ4v) is 3.02. The fraction of sp³-hybridized carbons (Fsp3) is 0.235. The lowest BCUT2D eigenvalue weighted by atomic mass is 10.1. The number of benzene rings is 2. The molecule has 0 spiro atoms. The quantitative estimate of drug-likeness (QED) is 0.542. The molecule has 0 saturated heterocycles. The first-order valence-corrected chi connectivity index (χ1v) is 8.64. The molecule has 2 rings (SSSR count). The highest BCUT2D eigenvalue weighted by atomic mass is 35.5. The molecule has 3 nitrogen and oxygen atoms in total. The number of thioether (sulfide) groups is 1. The molecule has 24 heavy (non-hydrogen) atoms. The minimum atomic E-state index is -1.16. The van der Waals surface area contributed by atoms with E-state index in [-0.39, 0.29) is 12.4 Å². The normalized spacial score (nSPS) is 10.6. The van der Waals surface area contributed by atoms with E-state index < -0.39 is 23.1 Å². The number of unbranched alkanes of at least 4 members (excludes halogenated alkanes) is 1. The maximum atomic E-state index is 13.9. The van der Waals surface area contributed by atoms with Crippen LogP contribution in [0.15, 0.2) is 41.3 Å². The molecule has 0 unspecified atom stereocenters. The molecule has 0 aromatic heterocycles. The van der Waals surface area contributed by atoms with Gasteiger partial charge < -0.3 is 10.5 Å². The predicted octanol–water partition coefficient (Wildman–Crippen LogP) is 4.67. The smallest absolute Gasteiger partial charge is 0.254 e. The van der Waals surface area contributed by atoms with Gasteiger partial charge in [0.25, 0.3) is 5.91 Å². The van der Waals surface area contributed by atoms with Crippen LogP contribution in [0.3, 0.4) is 0 Å². The molecule has 2 N–H and O–H groups in total. The molecule has 0 atom stereocenters. The molecule has 0 aliphatic rings. The Bertz CT molecular complexity index is 710. The molecule has 2 aromatic rings. The first kappa shape index (κ1) is 18.5. The third-order valence-corrected chi connectivity index (χ3v) is 4.53. The minimum Gasteiger partial charge on any atom is -0.490 e. The number of hydrogen-bond donors (Lipinski definition) is 1. The van der Waals surface area contributed by atoms with E-state index in [4.69, 9.17) is 22.1 Å². The van der Waals surface area contributed by atoms with E-state index in [2.05, 4.69) is 0 Å². The number of amides is 1. The first-order valence-electron chi connectivity index (χ1n) is 7.28. The molecule has 128 valence electrons. The fourth-order valence-electron chi connectivity index (χ4n) is 1.98. The van der Waals surface area contributed by atoms with Crippen LogP contribution in [0.25, 0.3) is 0 Å². The minimum absolute atomic E-state index is 0.171. The van der Waals surface area contributed by atoms with E-state index in [9.17, 15) is 13.6 Å². The maximum absolute atomic E-state index is 13.9. The van der Waals surface area contributed by atoms with Crippen LogP contribution in [0.4, 0.5) is 8.78 Å². The molecular formula is C17H16ClF2NO2S. The third-order valence-electron chi connectivity index (χ3n) is 3.18. The number of hydrogen-bond acceptors (Lipinski definition) is 3. The van der Waals surface area contributed by atoms with Gasteiger partial charge in [-0.05, 0) is 55.0 Å². The van der Waals surface area contributed by atoms with Crippen molar-refractivity contribution in [1.29, 1.82) is 0 Å². The van der Waals surface area contributed by atoms with Gasteiger partial charge in [-0.25, -0.2) is 8.78 Å². The Morgan fingerprint density at radius 1 is 1.12 bits per heavy atom. The van der Waals surface area contributed by atoms with Gasteiger partial charge >= 0.3 is 0 Å². The molecule has 0 aliphatic heterocycles. The largest absolute Gasteiger partial charge is 0.490 e. The molecule has 0 heterocycles. The van der Waals surface area contributed by atoms with Crippen LogP contribution in [0.5, 0.6) is 5.75 Å². The Morgan fingerprint density at radius 3 is 2.50 bits per heavy atom. The molecular weight excluding hydrogens is 356 g/mol. The van der Waals surface area contributed by atoms with Crippen LogP contribution < -0.4 is 10.5 Å². The molecule has 0 aliphatic carbocycles. The SMILES string of the molecule is NC(=O)c1c(F)ccc(OCCCCSc2ccc(Cl)cc2)c1F. The van der Waals surface area contributed by atoms with Crippen molar-refractivity contribution in [1.82, 2.24) is 0 Å². The van der Waals surface area contributed by atoms with Crippen LogP contribution in [0, 0.1) is 11.6 Å². The highest BCUT2D eigenvalue weighted by Gasteiger charge is 2.18. The Morgan fingerprint density at radius 2 is 1.83 bits per heavy atom. The van der Waals surface area contributed by atoms with Gasteiger partial charge in [-0.15, -0.1) is 11.8 Å². The molecule has 0 radical (unpaired) electrons. The summed E-state index contributed by atoms with van der Waals surface area (Å²) in [5, 5.41) is 0.699. The van der Waals surface area contributed by atoms with Crippen molar-refractivity contribution < 1.29 is 18.3 Å². The van der Waals surface area contributed by atoms with Crippen LogP contribution in [0.2, 0.25) is 5.02 Å². The highest BCUT2D eigenvalue weighted by molar-refractivity contribution is 7.99. The molecule has 0 fully saturated rings. The number of nitrogens with two attached hydrogens (primary N) is 1. The number of primary amides is 1. The topological polar surface area (TPSA) is 52.3 Å². The average molecular weight is 372 g/mol. The molecule has 7 heteroatoms. The van der Waals surface area contributed by atoms with E-state index in [0.717, 1.165) is 29.2 Å². The second-order valence-corrected chi connectivity index (χ2v) is 6.56. The Balaban J connectivity index is 1.75. The van der Waals surface area contributed by atoms with Gasteiger partial charge in [0, 0.05) is 9.92 Å². The first-order chi connectivity index (χ1) is 11.5. The van der Waals surface area contributed by atoms with Crippen LogP contribution in [-0.2, 0) is 0 Å². The summed E-state index contributed by atoms with van der Waals surface area (Å²) in [6, 6.07) is 9.68. The van der Waals surface area contributed by atoms with Gasteiger partial charge in [-0.1, -0.05) is 11.6 Å². The van der Waals surface area contributed by atoms with Crippen LogP contribution in [-0.4, -0.2) is 18.3 Å². The van der Waals surface area contributed by atoms with Crippen molar-refractivity contribution in [3.05, 3.63) is 58.6 Å². The van der Waals surface area contributed by atoms with Crippen LogP contribution >= 0.6 is 23.4 Å². The lowest BCUT2D eigenvalue weighted by Crippen LogP contribution is -2.16. The van der Waals surface area contributed by atoms with E-state index in [0.29, 0.717) is 11.4 Å². The second kappa shape index (κ2) is 8.89. The van der Waals surface area contributed by atoms with Crippen molar-refractivity contribution in [2.45, 2.75) is 17.7 Å². The van der Waals surface area contributed by atoms with Crippen molar-refractivity contribution >= 4 is 29.3 Å². The van der Waals surface area contributed by atoms with Crippen molar-refractivity contribution in [2.75, 3.05) is 12.4 Å². The monoisotopic (exact) mass is 371 g/mol. The van der Waals surface area contributed by atoms with Gasteiger partial charge in [-0.3, -0.25) is 4.79 Å². The zero-order valence-electron chi connectivity index (χ0n) is 12.7. The molecule has 0 saturated carbocycles. The van der Waals surface area contributed by atoms with Crippen LogP contribution in [0.1, 0.15) is 23.2 Å². The lowest BCUT2D eigenvalue weighted by molar-refractivity contribution is 0.0991. The highest BCUT2D eigenvalue weighted by Crippen LogP contribution is 2.24. The van der Waals surface area contributed by atoms with Gasteiger partial charge in [0.15, 0.2) is 11.6 Å². The zero-order chi connectivity index (χ0) is 17.5. The van der Waals surface area contributed by atoms with E-state index in [1.807, 2.05) is 24.3 Å². The third kappa shape index (κ3) is 5.11. The standard InChI is InChI=1S/C17H16ClF2NO2S/c18-11-3-5-12(6-4-11)24-10-2-1-9-23-14-8-7-13(19)15(16(14)20)17(21)22/h3-8H,1-2,9-10H2,(H2,21,22). The summed E-state index contributed by atoms with van der Waals surface area (Å²) in [5.41, 5.74) is 4.19. The van der Waals surface area contributed by atoms with E-state index in [1.165, 1.54) is 0 Å². The Kier molecular flexibility index (Phi) is 6.87. The van der Waals surface area contributed by atoms with E-state index in [1.54, 1.807) is 11.8 Å². The number of carbonyl (C=O) groups excluding carboxylic acids is 1. The lowest BCUT2D eigenvalue weighted by Gasteiger charge is -2.09. The van der Waals surface area contributed by atoms with E-state index >= 15 is 0 Å².